The van der Waals surface area contributed by atoms with Crippen LogP contribution < -0.4 is 20.1 Å². The molecule has 0 bridgehead atoms. The van der Waals surface area contributed by atoms with Crippen LogP contribution in [0.1, 0.15) is 20.7 Å². The van der Waals surface area contributed by atoms with E-state index in [0.717, 1.165) is 32.5 Å². The minimum absolute atomic E-state index is 0.0545. The van der Waals surface area contributed by atoms with Crippen molar-refractivity contribution in [2.75, 3.05) is 45.4 Å². The summed E-state index contributed by atoms with van der Waals surface area (Å²) in [6.07, 6.45) is 0. The molecule has 0 fully saturated rings. The van der Waals surface area contributed by atoms with Crippen molar-refractivity contribution in [1.82, 2.24) is 9.89 Å². The average Bonchev–Trinajstić information content (AvgIpc) is 2.99. The van der Waals surface area contributed by atoms with Crippen LogP contribution in [0.2, 0.25) is 0 Å². The molecule has 0 atom stereocenters. The van der Waals surface area contributed by atoms with Crippen LogP contribution in [0.5, 0.6) is 0 Å². The fourth-order valence-electron chi connectivity index (χ4n) is 4.69. The lowest BCUT2D eigenvalue weighted by molar-refractivity contribution is 0.0697. The zero-order valence-corrected chi connectivity index (χ0v) is 25.5. The monoisotopic (exact) mass is 598 g/mol. The second-order valence-corrected chi connectivity index (χ2v) is 12.7. The highest BCUT2D eigenvalue weighted by atomic mass is 33.1. The van der Waals surface area contributed by atoms with Gasteiger partial charge < -0.3 is 19.7 Å². The Bertz CT molecular complexity index is 1810. The van der Waals surface area contributed by atoms with E-state index in [4.69, 9.17) is 4.42 Å². The Kier molecular flexibility index (Phi) is 8.89. The number of benzene rings is 4. The van der Waals surface area contributed by atoms with Crippen LogP contribution in [0.3, 0.4) is 0 Å². The Morgan fingerprint density at radius 1 is 0.929 bits per heavy atom. The summed E-state index contributed by atoms with van der Waals surface area (Å²) in [5, 5.41) is 15.0. The van der Waals surface area contributed by atoms with Gasteiger partial charge in [0.1, 0.15) is 25.4 Å². The Morgan fingerprint density at radius 3 is 2.40 bits per heavy atom. The van der Waals surface area contributed by atoms with Gasteiger partial charge in [0.2, 0.25) is 5.36 Å². The van der Waals surface area contributed by atoms with Crippen LogP contribution in [0.4, 0.5) is 5.69 Å². The summed E-state index contributed by atoms with van der Waals surface area (Å²) in [7, 11) is 11.1. The number of hydrogen-bond acceptors (Lipinski definition) is 6. The van der Waals surface area contributed by atoms with E-state index >= 15 is 0 Å². The van der Waals surface area contributed by atoms with Crippen LogP contribution in [-0.4, -0.2) is 57.5 Å². The lowest BCUT2D eigenvalue weighted by Crippen LogP contribution is -2.25. The minimum atomic E-state index is -1.11. The van der Waals surface area contributed by atoms with E-state index in [2.05, 4.69) is 5.32 Å². The molecule has 7 nitrogen and oxygen atoms in total. The molecule has 1 heterocycles. The van der Waals surface area contributed by atoms with Crippen molar-refractivity contribution < 1.29 is 19.1 Å². The van der Waals surface area contributed by atoms with Gasteiger partial charge in [0, 0.05) is 71.2 Å². The number of nitrogens with one attached hydrogen (secondary N) is 1. The molecule has 1 amide bonds. The van der Waals surface area contributed by atoms with Gasteiger partial charge in [-0.2, -0.15) is 0 Å². The van der Waals surface area contributed by atoms with Crippen LogP contribution >= 0.6 is 21.6 Å². The lowest BCUT2D eigenvalue weighted by Gasteiger charge is -2.19. The van der Waals surface area contributed by atoms with Crippen molar-refractivity contribution in [3.05, 3.63) is 101 Å². The van der Waals surface area contributed by atoms with E-state index in [0.29, 0.717) is 34.8 Å². The summed E-state index contributed by atoms with van der Waals surface area (Å²) in [4.78, 5) is 28.7. The average molecular weight is 599 g/mol. The van der Waals surface area contributed by atoms with Crippen molar-refractivity contribution in [2.45, 2.75) is 4.90 Å². The van der Waals surface area contributed by atoms with Crippen LogP contribution in [0.15, 0.2) is 94.2 Å². The Morgan fingerprint density at radius 2 is 1.69 bits per heavy atom. The van der Waals surface area contributed by atoms with Crippen molar-refractivity contribution in [3.8, 4) is 22.5 Å². The first kappa shape index (κ1) is 29.3. The number of nitrogens with zero attached hydrogens (tertiary/aromatic N) is 2. The quantitative estimate of drug-likeness (QED) is 0.0908. The van der Waals surface area contributed by atoms with Crippen molar-refractivity contribution in [3.63, 3.8) is 0 Å². The van der Waals surface area contributed by atoms with Crippen molar-refractivity contribution in [2.24, 2.45) is 0 Å². The van der Waals surface area contributed by atoms with Crippen LogP contribution in [-0.2, 0) is 0 Å². The molecule has 0 saturated carbocycles. The van der Waals surface area contributed by atoms with Crippen LogP contribution in [0, 0.1) is 0 Å². The molecular weight excluding hydrogens is 567 g/mol. The molecule has 214 valence electrons. The molecule has 1 aliphatic carbocycles. The van der Waals surface area contributed by atoms with Gasteiger partial charge in [-0.15, -0.1) is 0 Å². The van der Waals surface area contributed by atoms with E-state index in [-0.39, 0.29) is 11.5 Å². The first-order valence-corrected chi connectivity index (χ1v) is 15.7. The number of carbonyl (C=O) groups is 2. The normalized spacial score (nSPS) is 11.0. The van der Waals surface area contributed by atoms with Gasteiger partial charge in [0.05, 0.1) is 11.6 Å². The number of aromatic carboxylic acids is 1. The van der Waals surface area contributed by atoms with E-state index in [1.54, 1.807) is 33.7 Å². The number of rotatable bonds is 9. The van der Waals surface area contributed by atoms with E-state index in [1.165, 1.54) is 6.07 Å². The molecule has 5 rings (SSSR count). The largest absolute Gasteiger partial charge is 0.478 e. The number of anilines is 1. The van der Waals surface area contributed by atoms with Gasteiger partial charge in [0.15, 0.2) is 0 Å². The number of carbonyl (C=O) groups excluding carboxylic acids is 1. The van der Waals surface area contributed by atoms with Crippen molar-refractivity contribution in [1.29, 1.82) is 0 Å². The zero-order chi connectivity index (χ0) is 29.8. The third kappa shape index (κ3) is 6.32. The summed E-state index contributed by atoms with van der Waals surface area (Å²) in [5.74, 6) is -0.0572. The number of amides is 1. The van der Waals surface area contributed by atoms with E-state index in [9.17, 15) is 14.7 Å². The fraction of sp³-hybridized carbons (Fsp3) is 0.182. The highest BCUT2D eigenvalue weighted by molar-refractivity contribution is 8.76. The van der Waals surface area contributed by atoms with Gasteiger partial charge >= 0.3 is 5.97 Å². The maximum Gasteiger partial charge on any atom is 0.336 e. The molecule has 0 aromatic heterocycles. The highest BCUT2D eigenvalue weighted by Crippen LogP contribution is 2.42. The molecule has 0 unspecified atom stereocenters. The molecule has 0 saturated heterocycles. The predicted molar refractivity (Wildman–Crippen MR) is 174 cm³/mol. The van der Waals surface area contributed by atoms with Gasteiger partial charge in [-0.05, 0) is 48.0 Å². The van der Waals surface area contributed by atoms with Gasteiger partial charge in [0.25, 0.3) is 5.91 Å². The third-order valence-electron chi connectivity index (χ3n) is 6.87. The standard InChI is InChI=1S/C33H31N3O4S2/c1-35(2)22-11-14-26-29(19-22)40-30-20-23(36(3)4)12-15-27(30)31(26)25-13-10-21(18-28(25)33(38)39)32(37)34-16-17-41-42-24-8-6-5-7-9-24/h5-15,18-20H,16-17H2,1-4H3,(H-,34,37,38,39)/p+1. The molecular formula is C33H32N3O4S2+. The number of carboxylic acid groups (broad SMARTS) is 1. The first-order chi connectivity index (χ1) is 20.2. The second-order valence-electron chi connectivity index (χ2n) is 10.2. The van der Waals surface area contributed by atoms with Gasteiger partial charge in [-0.1, -0.05) is 45.9 Å². The minimum Gasteiger partial charge on any atom is -0.478 e. The Labute approximate surface area is 252 Å². The topological polar surface area (TPSA) is 85.8 Å². The van der Waals surface area contributed by atoms with Gasteiger partial charge in [-0.25, -0.2) is 9.37 Å². The van der Waals surface area contributed by atoms with Crippen LogP contribution in [0.25, 0.3) is 33.4 Å². The number of carboxylic acids is 1. The summed E-state index contributed by atoms with van der Waals surface area (Å²) in [6.45, 7) is 0.464. The molecule has 2 aliphatic rings. The molecule has 3 aromatic rings. The summed E-state index contributed by atoms with van der Waals surface area (Å²) < 4.78 is 8.37. The smallest absolute Gasteiger partial charge is 0.336 e. The second kappa shape index (κ2) is 12.8. The summed E-state index contributed by atoms with van der Waals surface area (Å²) in [5.41, 5.74) is 4.03. The lowest BCUT2D eigenvalue weighted by atomic mass is 9.89. The molecule has 42 heavy (non-hydrogen) atoms. The SMILES string of the molecule is CN(C)c1ccc2c(-c3ccc(C(=O)NCCSSc4ccccc4)cc3C(=O)O)c3ccc(=[N+](C)C)cc-3oc2c1. The van der Waals surface area contributed by atoms with Crippen molar-refractivity contribution >= 4 is 50.1 Å². The molecule has 2 N–H and O–H groups in total. The number of fused-ring (bicyclic) bond motifs is 2. The van der Waals surface area contributed by atoms with Gasteiger partial charge in [-0.3, -0.25) is 4.79 Å². The molecule has 9 heteroatoms. The highest BCUT2D eigenvalue weighted by Gasteiger charge is 2.23. The maximum absolute atomic E-state index is 13.0. The first-order valence-electron chi connectivity index (χ1n) is 13.4. The maximum atomic E-state index is 13.0. The predicted octanol–water partition coefficient (Wildman–Crippen LogP) is 6.17. The summed E-state index contributed by atoms with van der Waals surface area (Å²) >= 11 is 0. The fourth-order valence-corrected chi connectivity index (χ4v) is 6.60. The molecule has 3 aromatic carbocycles. The third-order valence-corrected chi connectivity index (χ3v) is 9.26. The molecule has 0 spiro atoms. The molecule has 0 radical (unpaired) electrons. The summed E-state index contributed by atoms with van der Waals surface area (Å²) in [6, 6.07) is 26.7. The number of hydrogen-bond donors (Lipinski definition) is 2. The van der Waals surface area contributed by atoms with E-state index < -0.39 is 5.97 Å². The van der Waals surface area contributed by atoms with E-state index in [1.807, 2.05) is 104 Å². The Balaban J connectivity index is 1.50. The zero-order valence-electron chi connectivity index (χ0n) is 23.9. The molecule has 1 aliphatic heterocycles. The Hall–Kier alpha value is -4.21.